The van der Waals surface area contributed by atoms with Gasteiger partial charge in [-0.1, -0.05) is 49.4 Å². The number of benzene rings is 2. The standard InChI is InChI=1S/C25H28N2O7/c1-16(21(15-28)27-25(30)31)12-22-26-20(13-17-6-4-3-5-7-17)24(33-22)34-23(29)14-18-8-10-19(32-2)11-9-18/h3-11,16,20,22,24,26-27H,12-14H2,1-2H3,(H,30,31). The molecule has 9 nitrogen and oxygen atoms in total. The molecule has 0 aliphatic carbocycles. The van der Waals surface area contributed by atoms with Gasteiger partial charge in [0.2, 0.25) is 6.29 Å². The van der Waals surface area contributed by atoms with Crippen LogP contribution in [0, 0.1) is 5.92 Å². The molecule has 1 aliphatic heterocycles. The average molecular weight is 469 g/mol. The molecule has 4 atom stereocenters. The van der Waals surface area contributed by atoms with Gasteiger partial charge in [-0.05, 0) is 36.1 Å². The summed E-state index contributed by atoms with van der Waals surface area (Å²) in [5, 5.41) is 14.3. The van der Waals surface area contributed by atoms with E-state index in [2.05, 4.69) is 10.6 Å². The van der Waals surface area contributed by atoms with Crippen LogP contribution in [0.3, 0.4) is 0 Å². The Morgan fingerprint density at radius 3 is 2.47 bits per heavy atom. The lowest BCUT2D eigenvalue weighted by atomic mass is 10.0. The number of methoxy groups -OCH3 is 1. The zero-order valence-corrected chi connectivity index (χ0v) is 19.0. The molecule has 1 amide bonds. The van der Waals surface area contributed by atoms with Crippen LogP contribution in [0.1, 0.15) is 24.5 Å². The van der Waals surface area contributed by atoms with Crippen molar-refractivity contribution in [3.05, 3.63) is 71.4 Å². The third-order valence-electron chi connectivity index (χ3n) is 5.49. The Labute approximate surface area is 197 Å². The Balaban J connectivity index is 1.66. The summed E-state index contributed by atoms with van der Waals surface area (Å²) in [6.45, 7) is 1.69. The minimum Gasteiger partial charge on any atom is -0.497 e. The lowest BCUT2D eigenvalue weighted by Crippen LogP contribution is -2.38. The SMILES string of the molecule is COc1ccc(CC(=O)OC2OC(CC(C)C(=C=O)NC(=O)O)NC2Cc2ccccc2)cc1. The van der Waals surface area contributed by atoms with Crippen LogP contribution in [-0.2, 0) is 31.9 Å². The molecule has 180 valence electrons. The number of nitrogens with one attached hydrogen (secondary N) is 2. The average Bonchev–Trinajstić information content (AvgIpc) is 3.18. The molecular weight excluding hydrogens is 440 g/mol. The van der Waals surface area contributed by atoms with Gasteiger partial charge in [-0.2, -0.15) is 0 Å². The van der Waals surface area contributed by atoms with Gasteiger partial charge in [0, 0.05) is 5.92 Å². The summed E-state index contributed by atoms with van der Waals surface area (Å²) < 4.78 is 16.8. The van der Waals surface area contributed by atoms with Gasteiger partial charge in [-0.3, -0.25) is 15.4 Å². The number of carbonyl (C=O) groups is 2. The number of hydrogen-bond donors (Lipinski definition) is 3. The van der Waals surface area contributed by atoms with E-state index in [-0.39, 0.29) is 24.6 Å². The van der Waals surface area contributed by atoms with E-state index in [1.165, 1.54) is 0 Å². The third kappa shape index (κ3) is 7.18. The van der Waals surface area contributed by atoms with Crippen molar-refractivity contribution in [2.24, 2.45) is 5.92 Å². The van der Waals surface area contributed by atoms with Crippen LogP contribution in [0.25, 0.3) is 0 Å². The summed E-state index contributed by atoms with van der Waals surface area (Å²) in [4.78, 5) is 34.7. The second-order valence-electron chi connectivity index (χ2n) is 8.05. The minimum absolute atomic E-state index is 0.0730. The van der Waals surface area contributed by atoms with E-state index in [9.17, 15) is 14.4 Å². The van der Waals surface area contributed by atoms with E-state index in [0.29, 0.717) is 12.2 Å². The first-order valence-corrected chi connectivity index (χ1v) is 10.9. The quantitative estimate of drug-likeness (QED) is 0.359. The molecule has 3 rings (SSSR count). The number of esters is 1. The van der Waals surface area contributed by atoms with Gasteiger partial charge < -0.3 is 19.3 Å². The molecule has 0 spiro atoms. The second-order valence-corrected chi connectivity index (χ2v) is 8.05. The van der Waals surface area contributed by atoms with Crippen LogP contribution >= 0.6 is 0 Å². The predicted molar refractivity (Wildman–Crippen MR) is 123 cm³/mol. The van der Waals surface area contributed by atoms with Crippen molar-refractivity contribution in [3.8, 4) is 5.75 Å². The molecule has 4 unspecified atom stereocenters. The van der Waals surface area contributed by atoms with Crippen molar-refractivity contribution in [2.45, 2.75) is 44.7 Å². The highest BCUT2D eigenvalue weighted by molar-refractivity contribution is 5.73. The second kappa shape index (κ2) is 12.0. The maximum absolute atomic E-state index is 12.6. The first-order valence-electron chi connectivity index (χ1n) is 10.9. The van der Waals surface area contributed by atoms with Crippen LogP contribution in [0.5, 0.6) is 5.75 Å². The van der Waals surface area contributed by atoms with Crippen molar-refractivity contribution < 1.29 is 33.7 Å². The van der Waals surface area contributed by atoms with E-state index in [1.54, 1.807) is 44.2 Å². The fourth-order valence-corrected chi connectivity index (χ4v) is 3.75. The maximum Gasteiger partial charge on any atom is 0.409 e. The molecule has 0 bridgehead atoms. The molecule has 0 radical (unpaired) electrons. The van der Waals surface area contributed by atoms with Crippen molar-refractivity contribution >= 4 is 18.0 Å². The van der Waals surface area contributed by atoms with Crippen molar-refractivity contribution in [2.75, 3.05) is 7.11 Å². The van der Waals surface area contributed by atoms with Crippen molar-refractivity contribution in [1.82, 2.24) is 10.6 Å². The van der Waals surface area contributed by atoms with E-state index >= 15 is 0 Å². The molecule has 2 aromatic carbocycles. The molecule has 1 fully saturated rings. The minimum atomic E-state index is -1.34. The number of carbonyl (C=O) groups excluding carboxylic acids is 2. The molecule has 3 N–H and O–H groups in total. The van der Waals surface area contributed by atoms with Gasteiger partial charge in [-0.15, -0.1) is 0 Å². The number of allylic oxidation sites excluding steroid dienone is 1. The zero-order chi connectivity index (χ0) is 24.5. The number of carboxylic acid groups (broad SMARTS) is 1. The Morgan fingerprint density at radius 1 is 1.15 bits per heavy atom. The lowest BCUT2D eigenvalue weighted by molar-refractivity contribution is -0.177. The van der Waals surface area contributed by atoms with Gasteiger partial charge in [0.05, 0.1) is 19.6 Å². The van der Waals surface area contributed by atoms with E-state index in [0.717, 1.165) is 11.1 Å². The molecule has 0 saturated carbocycles. The fraction of sp³-hybridized carbons (Fsp3) is 0.360. The Morgan fingerprint density at radius 2 is 1.85 bits per heavy atom. The molecule has 9 heteroatoms. The van der Waals surface area contributed by atoms with Crippen LogP contribution in [0.15, 0.2) is 60.3 Å². The van der Waals surface area contributed by atoms with Crippen LogP contribution < -0.4 is 15.4 Å². The number of rotatable bonds is 10. The number of ether oxygens (including phenoxy) is 3. The molecule has 1 heterocycles. The monoisotopic (exact) mass is 468 g/mol. The molecule has 34 heavy (non-hydrogen) atoms. The molecular formula is C25H28N2O7. The highest BCUT2D eigenvalue weighted by Gasteiger charge is 2.38. The highest BCUT2D eigenvalue weighted by Crippen LogP contribution is 2.24. The topological polar surface area (TPSA) is 123 Å². The Hall–Kier alpha value is -3.65. The third-order valence-corrected chi connectivity index (χ3v) is 5.49. The molecule has 1 aliphatic rings. The number of amides is 1. The maximum atomic E-state index is 12.6. The van der Waals surface area contributed by atoms with E-state index < -0.39 is 30.5 Å². The van der Waals surface area contributed by atoms with Crippen molar-refractivity contribution in [3.63, 3.8) is 0 Å². The predicted octanol–water partition coefficient (Wildman–Crippen LogP) is 2.67. The summed E-state index contributed by atoms with van der Waals surface area (Å²) in [5.74, 6) is 1.42. The van der Waals surface area contributed by atoms with Gasteiger partial charge in [0.1, 0.15) is 23.6 Å². The lowest BCUT2D eigenvalue weighted by Gasteiger charge is -2.18. The number of hydrogen-bond acceptors (Lipinski definition) is 7. The van der Waals surface area contributed by atoms with Crippen molar-refractivity contribution in [1.29, 1.82) is 0 Å². The van der Waals surface area contributed by atoms with Gasteiger partial charge in [0.15, 0.2) is 0 Å². The van der Waals surface area contributed by atoms with Crippen LogP contribution in [0.2, 0.25) is 0 Å². The van der Waals surface area contributed by atoms with E-state index in [4.69, 9.17) is 19.3 Å². The van der Waals surface area contributed by atoms with Gasteiger partial charge in [-0.25, -0.2) is 9.59 Å². The summed E-state index contributed by atoms with van der Waals surface area (Å²) in [6.07, 6.45) is -1.83. The smallest absolute Gasteiger partial charge is 0.409 e. The Kier molecular flexibility index (Phi) is 8.81. The summed E-state index contributed by atoms with van der Waals surface area (Å²) >= 11 is 0. The van der Waals surface area contributed by atoms with Gasteiger partial charge in [0.25, 0.3) is 0 Å². The molecule has 1 saturated heterocycles. The highest BCUT2D eigenvalue weighted by atomic mass is 16.7. The molecule has 2 aromatic rings. The largest absolute Gasteiger partial charge is 0.497 e. The Bertz CT molecular complexity index is 1020. The summed E-state index contributed by atoms with van der Waals surface area (Å²) in [5.41, 5.74) is 1.73. The molecule has 0 aromatic heterocycles. The first-order chi connectivity index (χ1) is 16.4. The first kappa shape index (κ1) is 25.0. The van der Waals surface area contributed by atoms with Crippen LogP contribution in [0.4, 0.5) is 4.79 Å². The summed E-state index contributed by atoms with van der Waals surface area (Å²) in [6, 6.07) is 16.5. The summed E-state index contributed by atoms with van der Waals surface area (Å²) in [7, 11) is 1.57. The van der Waals surface area contributed by atoms with Gasteiger partial charge >= 0.3 is 12.1 Å². The normalized spacial score (nSPS) is 20.1. The fourth-order valence-electron chi connectivity index (χ4n) is 3.75. The van der Waals surface area contributed by atoms with E-state index in [1.807, 2.05) is 30.3 Å². The zero-order valence-electron chi connectivity index (χ0n) is 19.0. The van der Waals surface area contributed by atoms with Crippen LogP contribution in [-0.4, -0.2) is 48.8 Å².